The first-order valence-corrected chi connectivity index (χ1v) is 8.89. The minimum absolute atomic E-state index is 0.413. The van der Waals surface area contributed by atoms with E-state index in [4.69, 9.17) is 4.74 Å². The van der Waals surface area contributed by atoms with E-state index in [0.717, 1.165) is 16.8 Å². The standard InChI is InChI=1S/C21H24N4O2/c1-21(2,3)27-20(26)22-13-16-9-11-18(12-10-16)19-15-25(24-23-19)14-17-7-5-4-6-8-17/h4-12,15H,13-14H2,1-3H3,(H,22,26). The Hall–Kier alpha value is -3.15. The largest absolute Gasteiger partial charge is 0.444 e. The van der Waals surface area contributed by atoms with E-state index >= 15 is 0 Å². The van der Waals surface area contributed by atoms with Crippen LogP contribution in [0.1, 0.15) is 31.9 Å². The highest BCUT2D eigenvalue weighted by molar-refractivity contribution is 5.67. The van der Waals surface area contributed by atoms with E-state index in [1.807, 2.05) is 74.1 Å². The van der Waals surface area contributed by atoms with Crippen LogP contribution in [0.3, 0.4) is 0 Å². The van der Waals surface area contributed by atoms with Gasteiger partial charge in [0.05, 0.1) is 12.7 Å². The minimum Gasteiger partial charge on any atom is -0.444 e. The number of carbonyl (C=O) groups excluding carboxylic acids is 1. The quantitative estimate of drug-likeness (QED) is 0.742. The van der Waals surface area contributed by atoms with Crippen LogP contribution in [-0.4, -0.2) is 26.7 Å². The smallest absolute Gasteiger partial charge is 0.407 e. The molecule has 0 aliphatic rings. The Morgan fingerprint density at radius 3 is 2.41 bits per heavy atom. The van der Waals surface area contributed by atoms with Gasteiger partial charge in [-0.1, -0.05) is 59.8 Å². The Morgan fingerprint density at radius 2 is 1.74 bits per heavy atom. The second-order valence-corrected chi connectivity index (χ2v) is 7.34. The van der Waals surface area contributed by atoms with Crippen LogP contribution in [-0.2, 0) is 17.8 Å². The molecule has 140 valence electrons. The average Bonchev–Trinajstić information content (AvgIpc) is 3.08. The maximum absolute atomic E-state index is 11.7. The first-order valence-electron chi connectivity index (χ1n) is 8.89. The zero-order valence-electron chi connectivity index (χ0n) is 15.8. The fraction of sp³-hybridized carbons (Fsp3) is 0.286. The van der Waals surface area contributed by atoms with Crippen molar-refractivity contribution in [1.29, 1.82) is 0 Å². The molecule has 0 fully saturated rings. The predicted octanol–water partition coefficient (Wildman–Crippen LogP) is 4.02. The van der Waals surface area contributed by atoms with E-state index in [-0.39, 0.29) is 0 Å². The molecule has 27 heavy (non-hydrogen) atoms. The molecule has 0 radical (unpaired) electrons. The van der Waals surface area contributed by atoms with Crippen LogP contribution in [0.15, 0.2) is 60.8 Å². The summed E-state index contributed by atoms with van der Waals surface area (Å²) in [4.78, 5) is 11.7. The highest BCUT2D eigenvalue weighted by Gasteiger charge is 2.15. The molecule has 1 N–H and O–H groups in total. The third-order valence-electron chi connectivity index (χ3n) is 3.81. The lowest BCUT2D eigenvalue weighted by Crippen LogP contribution is -2.32. The molecule has 3 aromatic rings. The number of hydrogen-bond acceptors (Lipinski definition) is 4. The van der Waals surface area contributed by atoms with Crippen molar-refractivity contribution in [3.63, 3.8) is 0 Å². The van der Waals surface area contributed by atoms with E-state index in [1.54, 1.807) is 0 Å². The molecular formula is C21H24N4O2. The Labute approximate surface area is 159 Å². The summed E-state index contributed by atoms with van der Waals surface area (Å²) in [6.45, 7) is 6.62. The van der Waals surface area contributed by atoms with Gasteiger partial charge < -0.3 is 10.1 Å². The van der Waals surface area contributed by atoms with Crippen LogP contribution in [0, 0.1) is 0 Å². The summed E-state index contributed by atoms with van der Waals surface area (Å²) in [7, 11) is 0. The van der Waals surface area contributed by atoms with Gasteiger partial charge >= 0.3 is 6.09 Å². The summed E-state index contributed by atoms with van der Waals surface area (Å²) < 4.78 is 7.06. The van der Waals surface area contributed by atoms with Crippen molar-refractivity contribution in [2.45, 2.75) is 39.5 Å². The molecule has 0 saturated heterocycles. The van der Waals surface area contributed by atoms with E-state index in [0.29, 0.717) is 13.1 Å². The molecule has 2 aromatic carbocycles. The second-order valence-electron chi connectivity index (χ2n) is 7.34. The fourth-order valence-electron chi connectivity index (χ4n) is 2.56. The van der Waals surface area contributed by atoms with E-state index in [1.165, 1.54) is 5.56 Å². The lowest BCUT2D eigenvalue weighted by atomic mass is 10.1. The van der Waals surface area contributed by atoms with Gasteiger partial charge in [-0.3, -0.25) is 0 Å². The number of hydrogen-bond donors (Lipinski definition) is 1. The van der Waals surface area contributed by atoms with Gasteiger partial charge in [-0.15, -0.1) is 5.10 Å². The van der Waals surface area contributed by atoms with Crippen molar-refractivity contribution in [2.24, 2.45) is 0 Å². The molecule has 1 heterocycles. The molecule has 6 heteroatoms. The highest BCUT2D eigenvalue weighted by atomic mass is 16.6. The Balaban J connectivity index is 1.58. The summed E-state index contributed by atoms with van der Waals surface area (Å²) in [6.07, 6.45) is 1.51. The summed E-state index contributed by atoms with van der Waals surface area (Å²) >= 11 is 0. The van der Waals surface area contributed by atoms with Gasteiger partial charge in [-0.05, 0) is 31.9 Å². The van der Waals surface area contributed by atoms with Gasteiger partial charge in [0, 0.05) is 12.1 Å². The predicted molar refractivity (Wildman–Crippen MR) is 104 cm³/mol. The number of amides is 1. The van der Waals surface area contributed by atoms with Gasteiger partial charge in [0.25, 0.3) is 0 Å². The number of aromatic nitrogens is 3. The van der Waals surface area contributed by atoms with Crippen LogP contribution in [0.2, 0.25) is 0 Å². The van der Waals surface area contributed by atoms with Crippen molar-refractivity contribution in [1.82, 2.24) is 20.3 Å². The number of nitrogens with one attached hydrogen (secondary N) is 1. The molecule has 0 aliphatic heterocycles. The Morgan fingerprint density at radius 1 is 1.04 bits per heavy atom. The van der Waals surface area contributed by atoms with Gasteiger partial charge in [0.1, 0.15) is 11.3 Å². The molecule has 0 spiro atoms. The van der Waals surface area contributed by atoms with Crippen LogP contribution in [0.5, 0.6) is 0 Å². The van der Waals surface area contributed by atoms with E-state index in [9.17, 15) is 4.79 Å². The number of carbonyl (C=O) groups is 1. The first-order chi connectivity index (χ1) is 12.9. The second kappa shape index (κ2) is 8.03. The zero-order valence-corrected chi connectivity index (χ0v) is 15.8. The van der Waals surface area contributed by atoms with E-state index < -0.39 is 11.7 Å². The molecule has 6 nitrogen and oxygen atoms in total. The van der Waals surface area contributed by atoms with Gasteiger partial charge in [0.2, 0.25) is 0 Å². The third-order valence-corrected chi connectivity index (χ3v) is 3.81. The SMILES string of the molecule is CC(C)(C)OC(=O)NCc1ccc(-c2cn(Cc3ccccc3)nn2)cc1. The van der Waals surface area contributed by atoms with Gasteiger partial charge in [-0.2, -0.15) is 0 Å². The number of ether oxygens (including phenoxy) is 1. The summed E-state index contributed by atoms with van der Waals surface area (Å²) in [5, 5.41) is 11.2. The molecule has 0 unspecified atom stereocenters. The van der Waals surface area contributed by atoms with Crippen molar-refractivity contribution >= 4 is 6.09 Å². The molecule has 1 aromatic heterocycles. The van der Waals surface area contributed by atoms with Crippen LogP contribution in [0.4, 0.5) is 4.79 Å². The molecule has 0 saturated carbocycles. The number of nitrogens with zero attached hydrogens (tertiary/aromatic N) is 3. The third kappa shape index (κ3) is 5.67. The van der Waals surface area contributed by atoms with Crippen LogP contribution < -0.4 is 5.32 Å². The van der Waals surface area contributed by atoms with Crippen molar-refractivity contribution in [3.05, 3.63) is 71.9 Å². The number of alkyl carbamates (subject to hydrolysis) is 1. The number of benzene rings is 2. The lowest BCUT2D eigenvalue weighted by molar-refractivity contribution is 0.0523. The maximum atomic E-state index is 11.7. The van der Waals surface area contributed by atoms with Crippen molar-refractivity contribution in [3.8, 4) is 11.3 Å². The first kappa shape index (κ1) is 18.6. The number of rotatable bonds is 5. The monoisotopic (exact) mass is 364 g/mol. The van der Waals surface area contributed by atoms with Crippen molar-refractivity contribution < 1.29 is 9.53 Å². The Bertz CT molecular complexity index is 881. The fourth-order valence-corrected chi connectivity index (χ4v) is 2.56. The molecule has 0 aliphatic carbocycles. The lowest BCUT2D eigenvalue weighted by Gasteiger charge is -2.19. The topological polar surface area (TPSA) is 69.0 Å². The molecule has 3 rings (SSSR count). The average molecular weight is 364 g/mol. The van der Waals surface area contributed by atoms with Crippen molar-refractivity contribution in [2.75, 3.05) is 0 Å². The van der Waals surface area contributed by atoms with Crippen LogP contribution in [0.25, 0.3) is 11.3 Å². The summed E-state index contributed by atoms with van der Waals surface area (Å²) in [5.41, 5.74) is 3.46. The molecule has 0 atom stereocenters. The highest BCUT2D eigenvalue weighted by Crippen LogP contribution is 2.17. The summed E-state index contributed by atoms with van der Waals surface area (Å²) in [5.74, 6) is 0. The van der Waals surface area contributed by atoms with Gasteiger partial charge in [0.15, 0.2) is 0 Å². The summed E-state index contributed by atoms with van der Waals surface area (Å²) in [6, 6.07) is 18.0. The normalized spacial score (nSPS) is 11.2. The molecule has 0 bridgehead atoms. The zero-order chi connectivity index (χ0) is 19.3. The minimum atomic E-state index is -0.500. The maximum Gasteiger partial charge on any atom is 0.407 e. The van der Waals surface area contributed by atoms with Gasteiger partial charge in [-0.25, -0.2) is 9.48 Å². The molecule has 1 amide bonds. The molecular weight excluding hydrogens is 340 g/mol. The van der Waals surface area contributed by atoms with Crippen LogP contribution >= 0.6 is 0 Å². The Kier molecular flexibility index (Phi) is 5.54. The van der Waals surface area contributed by atoms with E-state index in [2.05, 4.69) is 27.8 Å².